The number of carbonyl (C=O) groups is 1. The number of anilines is 1. The second kappa shape index (κ2) is 9.55. The fourth-order valence-corrected chi connectivity index (χ4v) is 5.36. The number of carboxylic acid groups (broad SMARTS) is 1. The molecular weight excluding hydrogens is 439 g/mol. The van der Waals surface area contributed by atoms with Crippen LogP contribution in [0, 0.1) is 5.41 Å². The molecule has 0 saturated carbocycles. The zero-order valence-electron chi connectivity index (χ0n) is 18.9. The molecule has 0 bridgehead atoms. The maximum atomic E-state index is 11.3. The molecule has 2 aromatic rings. The largest absolute Gasteiger partial charge is 0.478 e. The maximum absolute atomic E-state index is 11.3. The molecule has 1 aliphatic heterocycles. The minimum absolute atomic E-state index is 0.329. The van der Waals surface area contributed by atoms with Crippen LogP contribution in [0.15, 0.2) is 48.0 Å². The summed E-state index contributed by atoms with van der Waals surface area (Å²) in [6.45, 7) is 9.68. The number of benzene rings is 2. The molecule has 1 aliphatic carbocycles. The highest BCUT2D eigenvalue weighted by Gasteiger charge is 2.29. The maximum Gasteiger partial charge on any atom is 0.336 e. The first-order chi connectivity index (χ1) is 15.2. The third kappa shape index (κ3) is 5.36. The van der Waals surface area contributed by atoms with E-state index in [9.17, 15) is 9.90 Å². The summed E-state index contributed by atoms with van der Waals surface area (Å²) in [5, 5.41) is 10.8. The first-order valence-corrected chi connectivity index (χ1v) is 12.2. The lowest BCUT2D eigenvalue weighted by molar-refractivity contribution is 0.0698. The monoisotopic (exact) mass is 470 g/mol. The van der Waals surface area contributed by atoms with Crippen LogP contribution in [0.4, 0.5) is 5.69 Å². The van der Waals surface area contributed by atoms with E-state index in [-0.39, 0.29) is 0 Å². The molecule has 170 valence electrons. The Labute approximate surface area is 198 Å². The average Bonchev–Trinajstić information content (AvgIpc) is 2.75. The number of carboxylic acids is 1. The van der Waals surface area contributed by atoms with Gasteiger partial charge in [-0.25, -0.2) is 4.79 Å². The average molecular weight is 471 g/mol. The van der Waals surface area contributed by atoms with Crippen molar-refractivity contribution < 1.29 is 9.90 Å². The second-order valence-corrected chi connectivity index (χ2v) is 10.8. The quantitative estimate of drug-likeness (QED) is 0.600. The van der Waals surface area contributed by atoms with E-state index in [4.69, 9.17) is 11.6 Å². The number of halogens is 1. The Bertz CT molecular complexity index is 1020. The van der Waals surface area contributed by atoms with Gasteiger partial charge < -0.3 is 10.0 Å². The molecule has 0 radical (unpaired) electrons. The molecule has 2 aromatic carbocycles. The molecule has 0 amide bonds. The van der Waals surface area contributed by atoms with Gasteiger partial charge in [-0.3, -0.25) is 4.90 Å². The summed E-state index contributed by atoms with van der Waals surface area (Å²) in [4.78, 5) is 16.2. The van der Waals surface area contributed by atoms with E-state index in [2.05, 4.69) is 45.0 Å². The summed E-state index contributed by atoms with van der Waals surface area (Å²) in [7, 11) is 2.55. The van der Waals surface area contributed by atoms with Crippen molar-refractivity contribution in [2.24, 2.45) is 5.41 Å². The topological polar surface area (TPSA) is 43.8 Å². The van der Waals surface area contributed by atoms with Crippen LogP contribution >= 0.6 is 20.8 Å². The van der Waals surface area contributed by atoms with E-state index in [0.29, 0.717) is 11.0 Å². The molecule has 4 nitrogen and oxygen atoms in total. The second-order valence-electron chi connectivity index (χ2n) is 9.77. The molecule has 6 heteroatoms. The molecule has 32 heavy (non-hydrogen) atoms. The van der Waals surface area contributed by atoms with Crippen LogP contribution in [-0.2, 0) is 0 Å². The van der Waals surface area contributed by atoms with Crippen LogP contribution in [0.3, 0.4) is 0 Å². The van der Waals surface area contributed by atoms with Gasteiger partial charge in [0.25, 0.3) is 0 Å². The molecule has 1 saturated heterocycles. The van der Waals surface area contributed by atoms with E-state index in [1.807, 2.05) is 24.3 Å². The minimum atomic E-state index is -0.883. The van der Waals surface area contributed by atoms with Gasteiger partial charge in [-0.15, -0.1) is 9.24 Å². The van der Waals surface area contributed by atoms with Gasteiger partial charge in [0.05, 0.1) is 5.56 Å². The Morgan fingerprint density at radius 1 is 1.09 bits per heavy atom. The van der Waals surface area contributed by atoms with Crippen molar-refractivity contribution in [3.8, 4) is 0 Å². The normalized spacial score (nSPS) is 19.3. The summed E-state index contributed by atoms with van der Waals surface area (Å²) in [5.41, 5.74) is 6.15. The van der Waals surface area contributed by atoms with Crippen molar-refractivity contribution in [2.45, 2.75) is 33.1 Å². The summed E-state index contributed by atoms with van der Waals surface area (Å²) in [6, 6.07) is 13.9. The SMILES string of the molecule is CC1(C)CCC(CN2CCN(c3ccc(C(=O)O)c(P)c3)CC2)=C(c2ccc(Cl)cc2)C1. The smallest absolute Gasteiger partial charge is 0.336 e. The van der Waals surface area contributed by atoms with Gasteiger partial charge in [0.15, 0.2) is 0 Å². The standard InChI is InChI=1S/C26H32ClN2O2P/c1-26(2)10-9-19(23(16-26)18-3-5-20(27)6-4-18)17-28-11-13-29(14-12-28)21-7-8-22(25(30)31)24(32)15-21/h3-8,15H,9-14,16-17,32H2,1-2H3,(H,30,31). The highest BCUT2D eigenvalue weighted by atomic mass is 35.5. The molecular formula is C26H32ClN2O2P. The summed E-state index contributed by atoms with van der Waals surface area (Å²) < 4.78 is 0. The van der Waals surface area contributed by atoms with E-state index in [0.717, 1.165) is 61.6 Å². The van der Waals surface area contributed by atoms with Gasteiger partial charge in [0.2, 0.25) is 0 Å². The molecule has 1 unspecified atom stereocenters. The highest BCUT2D eigenvalue weighted by Crippen LogP contribution is 2.43. The van der Waals surface area contributed by atoms with Crippen LogP contribution in [0.1, 0.15) is 49.0 Å². The molecule has 1 fully saturated rings. The lowest BCUT2D eigenvalue weighted by Gasteiger charge is -2.39. The van der Waals surface area contributed by atoms with Crippen molar-refractivity contribution in [1.29, 1.82) is 0 Å². The Morgan fingerprint density at radius 3 is 2.41 bits per heavy atom. The first-order valence-electron chi connectivity index (χ1n) is 11.3. The van der Waals surface area contributed by atoms with E-state index < -0.39 is 5.97 Å². The van der Waals surface area contributed by atoms with E-state index in [1.54, 1.807) is 11.6 Å². The first kappa shape index (κ1) is 23.3. The Hall–Kier alpha value is -1.87. The van der Waals surface area contributed by atoms with Crippen molar-refractivity contribution in [3.05, 3.63) is 64.2 Å². The molecule has 1 heterocycles. The fraction of sp³-hybridized carbons (Fsp3) is 0.423. The summed E-state index contributed by atoms with van der Waals surface area (Å²) in [5.74, 6) is -0.883. The van der Waals surface area contributed by atoms with Crippen LogP contribution in [0.25, 0.3) is 5.57 Å². The zero-order chi connectivity index (χ0) is 22.9. The van der Waals surface area contributed by atoms with Crippen LogP contribution in [-0.4, -0.2) is 48.7 Å². The molecule has 0 aromatic heterocycles. The predicted molar refractivity (Wildman–Crippen MR) is 137 cm³/mol. The number of hydrogen-bond donors (Lipinski definition) is 1. The van der Waals surface area contributed by atoms with Crippen molar-refractivity contribution >= 4 is 43.4 Å². The Morgan fingerprint density at radius 2 is 1.78 bits per heavy atom. The third-order valence-corrected chi connectivity index (χ3v) is 7.53. The highest BCUT2D eigenvalue weighted by molar-refractivity contribution is 7.27. The molecule has 1 N–H and O–H groups in total. The number of allylic oxidation sites excluding steroid dienone is 1. The molecule has 0 spiro atoms. The van der Waals surface area contributed by atoms with Crippen molar-refractivity contribution in [1.82, 2.24) is 4.90 Å². The lowest BCUT2D eigenvalue weighted by atomic mass is 9.72. The fourth-order valence-electron chi connectivity index (χ4n) is 4.84. The van der Waals surface area contributed by atoms with Crippen molar-refractivity contribution in [2.75, 3.05) is 37.6 Å². The lowest BCUT2D eigenvalue weighted by Crippen LogP contribution is -2.47. The van der Waals surface area contributed by atoms with Crippen LogP contribution in [0.5, 0.6) is 0 Å². The number of aromatic carboxylic acids is 1. The minimum Gasteiger partial charge on any atom is -0.478 e. The molecule has 4 rings (SSSR count). The Balaban J connectivity index is 1.46. The van der Waals surface area contributed by atoms with Gasteiger partial charge in [-0.1, -0.05) is 43.2 Å². The number of rotatable bonds is 5. The van der Waals surface area contributed by atoms with Gasteiger partial charge in [-0.05, 0) is 71.5 Å². The number of piperazine rings is 1. The number of hydrogen-bond acceptors (Lipinski definition) is 3. The third-order valence-electron chi connectivity index (χ3n) is 6.80. The molecule has 1 atom stereocenters. The van der Waals surface area contributed by atoms with Gasteiger partial charge in [-0.2, -0.15) is 0 Å². The van der Waals surface area contributed by atoms with Crippen LogP contribution < -0.4 is 10.2 Å². The number of nitrogens with zero attached hydrogens (tertiary/aromatic N) is 2. The van der Waals surface area contributed by atoms with E-state index >= 15 is 0 Å². The van der Waals surface area contributed by atoms with Gasteiger partial charge in [0.1, 0.15) is 0 Å². The van der Waals surface area contributed by atoms with Gasteiger partial charge in [0, 0.05) is 43.4 Å². The van der Waals surface area contributed by atoms with Gasteiger partial charge >= 0.3 is 5.97 Å². The summed E-state index contributed by atoms with van der Waals surface area (Å²) >= 11 is 6.14. The molecule has 2 aliphatic rings. The summed E-state index contributed by atoms with van der Waals surface area (Å²) in [6.07, 6.45) is 3.49. The zero-order valence-corrected chi connectivity index (χ0v) is 20.8. The van der Waals surface area contributed by atoms with Crippen molar-refractivity contribution in [3.63, 3.8) is 0 Å². The van der Waals surface area contributed by atoms with E-state index in [1.165, 1.54) is 17.6 Å². The van der Waals surface area contributed by atoms with Crippen LogP contribution in [0.2, 0.25) is 5.02 Å². The Kier molecular flexibility index (Phi) is 6.95. The predicted octanol–water partition coefficient (Wildman–Crippen LogP) is 5.32.